The normalized spacial score (nSPS) is 10.3. The second kappa shape index (κ2) is 7.22. The van der Waals surface area contributed by atoms with E-state index in [9.17, 15) is 9.59 Å². The van der Waals surface area contributed by atoms with Gasteiger partial charge in [0.15, 0.2) is 5.76 Å². The van der Waals surface area contributed by atoms with Gasteiger partial charge in [0.2, 0.25) is 5.91 Å². The molecule has 0 radical (unpaired) electrons. The third kappa shape index (κ3) is 3.94. The van der Waals surface area contributed by atoms with E-state index in [1.807, 2.05) is 24.3 Å². The van der Waals surface area contributed by atoms with Gasteiger partial charge >= 0.3 is 0 Å². The lowest BCUT2D eigenvalue weighted by atomic mass is 10.1. The maximum absolute atomic E-state index is 12.3. The van der Waals surface area contributed by atoms with Crippen LogP contribution in [0.2, 0.25) is 0 Å². The van der Waals surface area contributed by atoms with Crippen LogP contribution in [0.25, 0.3) is 11.3 Å². The van der Waals surface area contributed by atoms with E-state index in [2.05, 4.69) is 31.7 Å². The Kier molecular flexibility index (Phi) is 5.32. The Morgan fingerprint density at radius 2 is 1.82 bits per heavy atom. The summed E-state index contributed by atoms with van der Waals surface area (Å²) in [7, 11) is 0. The van der Waals surface area contributed by atoms with Gasteiger partial charge in [0.05, 0.1) is 5.69 Å². The van der Waals surface area contributed by atoms with Gasteiger partial charge < -0.3 is 15.2 Å². The molecule has 1 aromatic heterocycles. The first-order valence-corrected chi connectivity index (χ1v) is 7.53. The van der Waals surface area contributed by atoms with Crippen molar-refractivity contribution in [3.8, 4) is 11.3 Å². The molecule has 7 heteroatoms. The van der Waals surface area contributed by atoms with Gasteiger partial charge in [-0.05, 0) is 31.2 Å². The van der Waals surface area contributed by atoms with E-state index in [1.54, 1.807) is 6.92 Å². The molecule has 0 aliphatic heterocycles. The van der Waals surface area contributed by atoms with Crippen molar-refractivity contribution in [2.45, 2.75) is 13.8 Å². The molecule has 0 unspecified atom stereocenters. The summed E-state index contributed by atoms with van der Waals surface area (Å²) >= 11 is 3.36. The van der Waals surface area contributed by atoms with Gasteiger partial charge in [-0.2, -0.15) is 0 Å². The zero-order valence-electron chi connectivity index (χ0n) is 12.3. The number of carbonyl (C=O) groups excluding carboxylic acids is 2. The first-order valence-electron chi connectivity index (χ1n) is 6.74. The number of hydrogen-bond acceptors (Lipinski definition) is 4. The van der Waals surface area contributed by atoms with Gasteiger partial charge in [-0.15, -0.1) is 0 Å². The summed E-state index contributed by atoms with van der Waals surface area (Å²) in [6, 6.07) is 7.42. The lowest BCUT2D eigenvalue weighted by molar-refractivity contribution is -0.118. The minimum absolute atomic E-state index is 0.133. The van der Waals surface area contributed by atoms with Crippen molar-refractivity contribution < 1.29 is 14.1 Å². The molecular formula is C15H16BrN3O3. The molecule has 0 saturated heterocycles. The number of rotatable bonds is 5. The first-order chi connectivity index (χ1) is 10.5. The Hall–Kier alpha value is -2.15. The van der Waals surface area contributed by atoms with E-state index < -0.39 is 0 Å². The fourth-order valence-electron chi connectivity index (χ4n) is 1.94. The monoisotopic (exact) mass is 365 g/mol. The molecule has 116 valence electrons. The quantitative estimate of drug-likeness (QED) is 0.796. The van der Waals surface area contributed by atoms with Crippen LogP contribution in [0.3, 0.4) is 0 Å². The summed E-state index contributed by atoms with van der Waals surface area (Å²) < 4.78 is 6.23. The molecule has 22 heavy (non-hydrogen) atoms. The molecule has 0 aliphatic rings. The Morgan fingerprint density at radius 3 is 2.45 bits per heavy atom. The molecule has 2 aromatic rings. The first kappa shape index (κ1) is 16.2. The third-order valence-corrected chi connectivity index (χ3v) is 3.51. The fourth-order valence-corrected chi connectivity index (χ4v) is 2.20. The Labute approximate surface area is 136 Å². The fraction of sp³-hybridized carbons (Fsp3) is 0.267. The minimum Gasteiger partial charge on any atom is -0.355 e. The average Bonchev–Trinajstić information content (AvgIpc) is 2.86. The summed E-state index contributed by atoms with van der Waals surface area (Å²) in [6.07, 6.45) is 0. The van der Waals surface area contributed by atoms with Gasteiger partial charge in [-0.3, -0.25) is 9.59 Å². The molecular weight excluding hydrogens is 350 g/mol. The Bertz CT molecular complexity index is 680. The zero-order chi connectivity index (χ0) is 16.1. The van der Waals surface area contributed by atoms with Crippen LogP contribution < -0.4 is 10.6 Å². The largest absolute Gasteiger partial charge is 0.355 e. The molecule has 0 saturated carbocycles. The number of aromatic nitrogens is 1. The van der Waals surface area contributed by atoms with Crippen LogP contribution >= 0.6 is 15.9 Å². The smallest absolute Gasteiger partial charge is 0.257 e. The molecule has 0 fully saturated rings. The number of carbonyl (C=O) groups is 2. The Balaban J connectivity index is 2.13. The molecule has 6 nitrogen and oxygen atoms in total. The standard InChI is InChI=1S/C15H16BrN3O3/c1-9-13(15(21)18-8-7-17-10(2)20)14(22-19-9)11-3-5-12(16)6-4-11/h3-6H,7-8H2,1-2H3,(H,17,20)(H,18,21). The van der Waals surface area contributed by atoms with E-state index in [0.29, 0.717) is 30.1 Å². The van der Waals surface area contributed by atoms with Gasteiger partial charge in [0.25, 0.3) is 5.91 Å². The van der Waals surface area contributed by atoms with Crippen LogP contribution in [0.15, 0.2) is 33.3 Å². The topological polar surface area (TPSA) is 84.2 Å². The summed E-state index contributed by atoms with van der Waals surface area (Å²) in [5.74, 6) is 0.0232. The highest BCUT2D eigenvalue weighted by molar-refractivity contribution is 9.10. The highest BCUT2D eigenvalue weighted by atomic mass is 79.9. The number of amides is 2. The average molecular weight is 366 g/mol. The summed E-state index contributed by atoms with van der Waals surface area (Å²) in [5.41, 5.74) is 1.70. The predicted molar refractivity (Wildman–Crippen MR) is 85.4 cm³/mol. The van der Waals surface area contributed by atoms with E-state index in [0.717, 1.165) is 10.0 Å². The number of benzene rings is 1. The maximum Gasteiger partial charge on any atom is 0.257 e. The van der Waals surface area contributed by atoms with E-state index in [-0.39, 0.29) is 11.8 Å². The number of halogens is 1. The van der Waals surface area contributed by atoms with E-state index in [1.165, 1.54) is 6.92 Å². The van der Waals surface area contributed by atoms with E-state index >= 15 is 0 Å². The molecule has 2 amide bonds. The number of hydrogen-bond donors (Lipinski definition) is 2. The maximum atomic E-state index is 12.3. The number of nitrogens with one attached hydrogen (secondary N) is 2. The summed E-state index contributed by atoms with van der Waals surface area (Å²) in [5, 5.41) is 9.23. The minimum atomic E-state index is -0.276. The van der Waals surface area contributed by atoms with Crippen molar-refractivity contribution in [2.24, 2.45) is 0 Å². The number of aryl methyl sites for hydroxylation is 1. The van der Waals surface area contributed by atoms with Crippen molar-refractivity contribution in [1.29, 1.82) is 0 Å². The highest BCUT2D eigenvalue weighted by Crippen LogP contribution is 2.27. The second-order valence-corrected chi connectivity index (χ2v) is 5.63. The van der Waals surface area contributed by atoms with Crippen LogP contribution in [0, 0.1) is 6.92 Å². The Morgan fingerprint density at radius 1 is 1.18 bits per heavy atom. The molecule has 1 heterocycles. The zero-order valence-corrected chi connectivity index (χ0v) is 13.9. The van der Waals surface area contributed by atoms with Crippen LogP contribution in [0.4, 0.5) is 0 Å². The van der Waals surface area contributed by atoms with Crippen LogP contribution in [0.1, 0.15) is 23.0 Å². The SMILES string of the molecule is CC(=O)NCCNC(=O)c1c(C)noc1-c1ccc(Br)cc1. The second-order valence-electron chi connectivity index (χ2n) is 4.72. The van der Waals surface area contributed by atoms with Crippen LogP contribution in [-0.2, 0) is 4.79 Å². The third-order valence-electron chi connectivity index (χ3n) is 2.98. The molecule has 1 aromatic carbocycles. The van der Waals surface area contributed by atoms with E-state index in [4.69, 9.17) is 4.52 Å². The van der Waals surface area contributed by atoms with Crippen molar-refractivity contribution in [1.82, 2.24) is 15.8 Å². The highest BCUT2D eigenvalue weighted by Gasteiger charge is 2.21. The van der Waals surface area contributed by atoms with Gasteiger partial charge in [0, 0.05) is 30.0 Å². The molecule has 2 N–H and O–H groups in total. The molecule has 0 bridgehead atoms. The molecule has 0 atom stereocenters. The predicted octanol–water partition coefficient (Wildman–Crippen LogP) is 2.28. The lowest BCUT2D eigenvalue weighted by Gasteiger charge is -2.06. The summed E-state index contributed by atoms with van der Waals surface area (Å²) in [4.78, 5) is 23.1. The van der Waals surface area contributed by atoms with Crippen molar-refractivity contribution >= 4 is 27.7 Å². The van der Waals surface area contributed by atoms with Gasteiger partial charge in [-0.1, -0.05) is 21.1 Å². The van der Waals surface area contributed by atoms with Crippen molar-refractivity contribution in [3.63, 3.8) is 0 Å². The van der Waals surface area contributed by atoms with Crippen LogP contribution in [0.5, 0.6) is 0 Å². The molecule has 2 rings (SSSR count). The lowest BCUT2D eigenvalue weighted by Crippen LogP contribution is -2.33. The van der Waals surface area contributed by atoms with Gasteiger partial charge in [0.1, 0.15) is 5.56 Å². The van der Waals surface area contributed by atoms with Gasteiger partial charge in [-0.25, -0.2) is 0 Å². The van der Waals surface area contributed by atoms with Crippen LogP contribution in [-0.4, -0.2) is 30.1 Å². The van der Waals surface area contributed by atoms with Crippen molar-refractivity contribution in [3.05, 3.63) is 40.0 Å². The molecule has 0 aliphatic carbocycles. The number of nitrogens with zero attached hydrogens (tertiary/aromatic N) is 1. The molecule has 0 spiro atoms. The van der Waals surface area contributed by atoms with Crippen molar-refractivity contribution in [2.75, 3.05) is 13.1 Å². The summed E-state index contributed by atoms with van der Waals surface area (Å²) in [6.45, 7) is 3.86.